The Labute approximate surface area is 190 Å². The maximum absolute atomic E-state index is 12.4. The van der Waals surface area contributed by atoms with Crippen LogP contribution in [0.5, 0.6) is 5.75 Å². The molecule has 4 rings (SSSR count). The van der Waals surface area contributed by atoms with Crippen molar-refractivity contribution in [3.05, 3.63) is 80.6 Å². The van der Waals surface area contributed by atoms with Crippen molar-refractivity contribution in [3.8, 4) is 5.75 Å². The first-order valence-electron chi connectivity index (χ1n) is 10.4. The number of amides is 1. The Morgan fingerprint density at radius 2 is 1.94 bits per heavy atom. The Hall–Kier alpha value is -3.45. The summed E-state index contributed by atoms with van der Waals surface area (Å²) >= 11 is 1.39. The molecule has 32 heavy (non-hydrogen) atoms. The quantitative estimate of drug-likeness (QED) is 0.354. The van der Waals surface area contributed by atoms with Crippen LogP contribution in [0.4, 0.5) is 10.8 Å². The fourth-order valence-corrected chi connectivity index (χ4v) is 4.38. The molecule has 0 atom stereocenters. The average Bonchev–Trinajstić information content (AvgIpc) is 3.22. The number of ether oxygens (including phenoxy) is 1. The number of benzene rings is 2. The molecule has 0 aliphatic rings. The monoisotopic (exact) mass is 448 g/mol. The number of aryl methyl sites for hydroxylation is 3. The number of carbonyl (C=O) groups excluding carboxylic acids is 1. The van der Waals surface area contributed by atoms with Gasteiger partial charge in [-0.05, 0) is 61.2 Å². The molecule has 164 valence electrons. The fourth-order valence-electron chi connectivity index (χ4n) is 3.51. The van der Waals surface area contributed by atoms with E-state index in [1.807, 2.05) is 56.5 Å². The number of rotatable bonds is 6. The van der Waals surface area contributed by atoms with Crippen molar-refractivity contribution in [2.24, 2.45) is 0 Å². The minimum absolute atomic E-state index is 0.105. The van der Waals surface area contributed by atoms with Crippen LogP contribution in [0.2, 0.25) is 0 Å². The lowest BCUT2D eigenvalue weighted by Crippen LogP contribution is -2.22. The molecule has 0 aliphatic carbocycles. The van der Waals surface area contributed by atoms with Crippen LogP contribution in [0.15, 0.2) is 57.1 Å². The van der Waals surface area contributed by atoms with E-state index < -0.39 is 0 Å². The Morgan fingerprint density at radius 1 is 1.12 bits per heavy atom. The largest absolute Gasteiger partial charge is 0.487 e. The van der Waals surface area contributed by atoms with Gasteiger partial charge in [-0.1, -0.05) is 13.0 Å². The van der Waals surface area contributed by atoms with Crippen LogP contribution in [0.1, 0.15) is 36.2 Å². The highest BCUT2D eigenvalue weighted by Gasteiger charge is 2.18. The molecule has 2 heterocycles. The van der Waals surface area contributed by atoms with Crippen LogP contribution < -0.4 is 15.3 Å². The van der Waals surface area contributed by atoms with Gasteiger partial charge >= 0.3 is 5.63 Å². The van der Waals surface area contributed by atoms with E-state index in [1.165, 1.54) is 29.9 Å². The summed E-state index contributed by atoms with van der Waals surface area (Å²) in [6.45, 7) is 7.82. The van der Waals surface area contributed by atoms with E-state index in [0.29, 0.717) is 22.2 Å². The first-order valence-corrected chi connectivity index (χ1v) is 11.3. The first kappa shape index (κ1) is 21.8. The van der Waals surface area contributed by atoms with E-state index in [1.54, 1.807) is 11.0 Å². The Bertz CT molecular complexity index is 1360. The van der Waals surface area contributed by atoms with E-state index in [4.69, 9.17) is 9.15 Å². The minimum Gasteiger partial charge on any atom is -0.487 e. The van der Waals surface area contributed by atoms with Crippen LogP contribution >= 0.6 is 11.3 Å². The highest BCUT2D eigenvalue weighted by Crippen LogP contribution is 2.31. The molecule has 1 amide bonds. The third-order valence-electron chi connectivity index (χ3n) is 5.36. The SMILES string of the molecule is CCc1cc(=O)oc2cc(OCc3csc(N(C(C)=O)c4ccc(C)c(C)c4)n3)ccc12. The van der Waals surface area contributed by atoms with Gasteiger partial charge in [0.15, 0.2) is 5.13 Å². The van der Waals surface area contributed by atoms with E-state index in [0.717, 1.165) is 28.6 Å². The van der Waals surface area contributed by atoms with Crippen molar-refractivity contribution in [2.45, 2.75) is 40.7 Å². The van der Waals surface area contributed by atoms with E-state index in [-0.39, 0.29) is 18.1 Å². The van der Waals surface area contributed by atoms with Crippen molar-refractivity contribution in [1.82, 2.24) is 4.98 Å². The van der Waals surface area contributed by atoms with Crippen LogP contribution in [-0.4, -0.2) is 10.9 Å². The number of hydrogen-bond acceptors (Lipinski definition) is 6. The molecule has 4 aromatic rings. The highest BCUT2D eigenvalue weighted by molar-refractivity contribution is 7.14. The summed E-state index contributed by atoms with van der Waals surface area (Å²) in [6, 6.07) is 12.9. The van der Waals surface area contributed by atoms with Crippen LogP contribution in [0, 0.1) is 13.8 Å². The summed E-state index contributed by atoms with van der Waals surface area (Å²) in [5.74, 6) is 0.479. The lowest BCUT2D eigenvalue weighted by molar-refractivity contribution is -0.115. The number of thiazole rings is 1. The van der Waals surface area contributed by atoms with Crippen molar-refractivity contribution < 1.29 is 13.9 Å². The summed E-state index contributed by atoms with van der Waals surface area (Å²) in [4.78, 5) is 30.4. The van der Waals surface area contributed by atoms with Gasteiger partial charge in [0.2, 0.25) is 5.91 Å². The van der Waals surface area contributed by atoms with Crippen LogP contribution in [-0.2, 0) is 17.8 Å². The van der Waals surface area contributed by atoms with Gasteiger partial charge < -0.3 is 9.15 Å². The molecule has 0 fully saturated rings. The molecule has 7 heteroatoms. The molecule has 0 saturated heterocycles. The predicted molar refractivity (Wildman–Crippen MR) is 127 cm³/mol. The molecule has 2 aromatic carbocycles. The third-order valence-corrected chi connectivity index (χ3v) is 6.24. The average molecular weight is 449 g/mol. The number of fused-ring (bicyclic) bond motifs is 1. The van der Waals surface area contributed by atoms with Crippen molar-refractivity contribution >= 4 is 39.0 Å². The van der Waals surface area contributed by atoms with Gasteiger partial charge in [0.05, 0.1) is 11.4 Å². The summed E-state index contributed by atoms with van der Waals surface area (Å²) in [7, 11) is 0. The third kappa shape index (κ3) is 4.43. The zero-order valence-corrected chi connectivity index (χ0v) is 19.3. The van der Waals surface area contributed by atoms with Gasteiger partial charge in [0, 0.05) is 29.8 Å². The Morgan fingerprint density at radius 3 is 2.66 bits per heavy atom. The Kier molecular flexibility index (Phi) is 6.10. The minimum atomic E-state index is -0.369. The molecule has 0 bridgehead atoms. The summed E-state index contributed by atoms with van der Waals surface area (Å²) in [6.07, 6.45) is 0.747. The van der Waals surface area contributed by atoms with Gasteiger partial charge in [-0.25, -0.2) is 9.78 Å². The van der Waals surface area contributed by atoms with Gasteiger partial charge in [0.25, 0.3) is 0 Å². The smallest absolute Gasteiger partial charge is 0.336 e. The molecule has 0 spiro atoms. The summed E-state index contributed by atoms with van der Waals surface area (Å²) in [5, 5.41) is 3.38. The second-order valence-electron chi connectivity index (χ2n) is 7.64. The molecule has 6 nitrogen and oxygen atoms in total. The van der Waals surface area contributed by atoms with Gasteiger partial charge in [-0.15, -0.1) is 11.3 Å². The number of carbonyl (C=O) groups is 1. The van der Waals surface area contributed by atoms with E-state index in [9.17, 15) is 9.59 Å². The van der Waals surface area contributed by atoms with Crippen molar-refractivity contribution in [3.63, 3.8) is 0 Å². The number of nitrogens with zero attached hydrogens (tertiary/aromatic N) is 2. The standard InChI is InChI=1S/C25H24N2O4S/c1-5-18-11-24(29)31-23-12-21(8-9-22(18)23)30-13-19-14-32-25(26-19)27(17(4)28)20-7-6-15(2)16(3)10-20/h6-12,14H,5,13H2,1-4H3. The van der Waals surface area contributed by atoms with Crippen molar-refractivity contribution in [1.29, 1.82) is 0 Å². The van der Waals surface area contributed by atoms with Crippen molar-refractivity contribution in [2.75, 3.05) is 4.90 Å². The topological polar surface area (TPSA) is 72.6 Å². The lowest BCUT2D eigenvalue weighted by Gasteiger charge is -2.19. The second-order valence-corrected chi connectivity index (χ2v) is 8.47. The fraction of sp³-hybridized carbons (Fsp3) is 0.240. The molecule has 0 N–H and O–H groups in total. The summed E-state index contributed by atoms with van der Waals surface area (Å²) in [5.41, 5.74) is 4.87. The molecule has 0 unspecified atom stereocenters. The molecular weight excluding hydrogens is 424 g/mol. The zero-order valence-electron chi connectivity index (χ0n) is 18.5. The first-order chi connectivity index (χ1) is 15.4. The van der Waals surface area contributed by atoms with Crippen LogP contribution in [0.3, 0.4) is 0 Å². The molecular formula is C25H24N2O4S. The predicted octanol–water partition coefficient (Wildman–Crippen LogP) is 5.69. The molecule has 0 radical (unpaired) electrons. The summed E-state index contributed by atoms with van der Waals surface area (Å²) < 4.78 is 11.2. The number of hydrogen-bond donors (Lipinski definition) is 0. The van der Waals surface area contributed by atoms with Gasteiger partial charge in [0.1, 0.15) is 17.9 Å². The zero-order chi connectivity index (χ0) is 22.8. The second kappa shape index (κ2) is 8.96. The maximum Gasteiger partial charge on any atom is 0.336 e. The number of aromatic nitrogens is 1. The van der Waals surface area contributed by atoms with Crippen LogP contribution in [0.25, 0.3) is 11.0 Å². The normalized spacial score (nSPS) is 11.0. The van der Waals surface area contributed by atoms with E-state index in [2.05, 4.69) is 4.98 Å². The number of anilines is 2. The van der Waals surface area contributed by atoms with Gasteiger partial charge in [-0.2, -0.15) is 0 Å². The molecule has 0 saturated carbocycles. The maximum atomic E-state index is 12.4. The van der Waals surface area contributed by atoms with E-state index >= 15 is 0 Å². The lowest BCUT2D eigenvalue weighted by atomic mass is 10.1. The Balaban J connectivity index is 1.54. The molecule has 2 aromatic heterocycles. The highest BCUT2D eigenvalue weighted by atomic mass is 32.1. The van der Waals surface area contributed by atoms with Gasteiger partial charge in [-0.3, -0.25) is 9.69 Å². The molecule has 0 aliphatic heterocycles.